The molecule has 0 atom stereocenters. The third-order valence-corrected chi connectivity index (χ3v) is 4.37. The number of rotatable bonds is 9. The summed E-state index contributed by atoms with van der Waals surface area (Å²) in [5, 5.41) is 6.49. The first-order chi connectivity index (χ1) is 14.3. The van der Waals surface area contributed by atoms with Gasteiger partial charge in [-0.15, -0.1) is 0 Å². The number of anilines is 1. The molecule has 1 amide bonds. The van der Waals surface area contributed by atoms with Crippen molar-refractivity contribution < 1.29 is 14.3 Å². The number of ether oxygens (including phenoxy) is 2. The number of hydrogen-bond acceptors (Lipinski definition) is 4. The third kappa shape index (κ3) is 6.14. The molecule has 154 valence electrons. The van der Waals surface area contributed by atoms with Crippen molar-refractivity contribution in [2.24, 2.45) is 4.99 Å². The van der Waals surface area contributed by atoms with Gasteiger partial charge in [-0.2, -0.15) is 0 Å². The van der Waals surface area contributed by atoms with Crippen molar-refractivity contribution in [2.75, 3.05) is 44.3 Å². The van der Waals surface area contributed by atoms with E-state index in [4.69, 9.17) is 9.47 Å². The van der Waals surface area contributed by atoms with E-state index in [-0.39, 0.29) is 12.5 Å². The van der Waals surface area contributed by atoms with E-state index in [0.29, 0.717) is 26.2 Å². The standard InChI is InChI=1S/C22H28N4O3/c1-2-23-22(25-14-16-28-18-9-4-3-5-10-18)24-13-8-15-26-19-11-6-7-12-20(19)29-17-21(26)27/h3-7,9-12H,2,8,13-17H2,1H3,(H2,23,24,25). The zero-order valence-electron chi connectivity index (χ0n) is 16.8. The summed E-state index contributed by atoms with van der Waals surface area (Å²) in [7, 11) is 0. The fourth-order valence-electron chi connectivity index (χ4n) is 3.02. The lowest BCUT2D eigenvalue weighted by atomic mass is 10.2. The number of hydrogen-bond donors (Lipinski definition) is 2. The fourth-order valence-corrected chi connectivity index (χ4v) is 3.02. The summed E-state index contributed by atoms with van der Waals surface area (Å²) < 4.78 is 11.2. The molecule has 0 spiro atoms. The summed E-state index contributed by atoms with van der Waals surface area (Å²) in [5.74, 6) is 2.34. The van der Waals surface area contributed by atoms with Gasteiger partial charge in [-0.25, -0.2) is 0 Å². The molecule has 0 aromatic heterocycles. The molecular weight excluding hydrogens is 368 g/mol. The Morgan fingerprint density at radius 2 is 1.93 bits per heavy atom. The van der Waals surface area contributed by atoms with Gasteiger partial charge in [-0.1, -0.05) is 30.3 Å². The monoisotopic (exact) mass is 396 g/mol. The number of carbonyl (C=O) groups is 1. The van der Waals surface area contributed by atoms with Crippen LogP contribution >= 0.6 is 0 Å². The number of para-hydroxylation sites is 3. The molecule has 0 saturated heterocycles. The summed E-state index contributed by atoms with van der Waals surface area (Å²) in [6, 6.07) is 17.4. The van der Waals surface area contributed by atoms with Gasteiger partial charge in [0, 0.05) is 19.6 Å². The van der Waals surface area contributed by atoms with Gasteiger partial charge in [0.25, 0.3) is 5.91 Å². The van der Waals surface area contributed by atoms with Crippen LogP contribution in [0.3, 0.4) is 0 Å². The van der Waals surface area contributed by atoms with Crippen LogP contribution in [0.4, 0.5) is 5.69 Å². The van der Waals surface area contributed by atoms with E-state index in [2.05, 4.69) is 15.6 Å². The molecule has 1 aliphatic heterocycles. The Balaban J connectivity index is 1.44. The molecule has 0 unspecified atom stereocenters. The molecule has 2 aromatic rings. The second kappa shape index (κ2) is 10.9. The summed E-state index contributed by atoms with van der Waals surface area (Å²) in [6.45, 7) is 5.32. The molecule has 0 bridgehead atoms. The average molecular weight is 396 g/mol. The highest BCUT2D eigenvalue weighted by Crippen LogP contribution is 2.31. The minimum atomic E-state index is -0.0178. The van der Waals surface area contributed by atoms with Crippen molar-refractivity contribution in [1.29, 1.82) is 0 Å². The zero-order chi connectivity index (χ0) is 20.3. The van der Waals surface area contributed by atoms with Gasteiger partial charge in [0.05, 0.1) is 12.2 Å². The first kappa shape index (κ1) is 20.5. The zero-order valence-corrected chi connectivity index (χ0v) is 16.8. The Morgan fingerprint density at radius 1 is 1.14 bits per heavy atom. The number of aliphatic imine (C=N–C) groups is 1. The number of guanidine groups is 1. The molecule has 1 aliphatic rings. The van der Waals surface area contributed by atoms with Crippen LogP contribution in [0.25, 0.3) is 0 Å². The second-order valence-electron chi connectivity index (χ2n) is 6.50. The maximum absolute atomic E-state index is 12.2. The predicted octanol–water partition coefficient (Wildman–Crippen LogP) is 2.44. The molecule has 2 aromatic carbocycles. The number of nitrogens with zero attached hydrogens (tertiary/aromatic N) is 2. The molecule has 0 aliphatic carbocycles. The molecule has 0 saturated carbocycles. The van der Waals surface area contributed by atoms with Crippen molar-refractivity contribution >= 4 is 17.6 Å². The Morgan fingerprint density at radius 3 is 2.76 bits per heavy atom. The highest BCUT2D eigenvalue weighted by atomic mass is 16.5. The lowest BCUT2D eigenvalue weighted by Crippen LogP contribution is -2.40. The SMILES string of the molecule is CCNC(=NCCCN1C(=O)COc2ccccc21)NCCOc1ccccc1. The van der Waals surface area contributed by atoms with Crippen molar-refractivity contribution in [3.8, 4) is 11.5 Å². The fraction of sp³-hybridized carbons (Fsp3) is 0.364. The van der Waals surface area contributed by atoms with Crippen LogP contribution in [-0.2, 0) is 4.79 Å². The molecule has 1 heterocycles. The van der Waals surface area contributed by atoms with Gasteiger partial charge in [0.1, 0.15) is 18.1 Å². The van der Waals surface area contributed by atoms with E-state index in [0.717, 1.165) is 36.1 Å². The minimum Gasteiger partial charge on any atom is -0.492 e. The van der Waals surface area contributed by atoms with Crippen molar-refractivity contribution in [3.63, 3.8) is 0 Å². The molecule has 0 radical (unpaired) electrons. The van der Waals surface area contributed by atoms with Crippen LogP contribution in [0.1, 0.15) is 13.3 Å². The van der Waals surface area contributed by atoms with Crippen LogP contribution in [0.15, 0.2) is 59.6 Å². The van der Waals surface area contributed by atoms with E-state index in [9.17, 15) is 4.79 Å². The Hall–Kier alpha value is -3.22. The smallest absolute Gasteiger partial charge is 0.265 e. The predicted molar refractivity (Wildman–Crippen MR) is 115 cm³/mol. The van der Waals surface area contributed by atoms with E-state index in [1.54, 1.807) is 4.90 Å². The summed E-state index contributed by atoms with van der Waals surface area (Å²) in [6.07, 6.45) is 0.761. The highest BCUT2D eigenvalue weighted by molar-refractivity contribution is 5.97. The Bertz CT molecular complexity index is 811. The molecule has 3 rings (SSSR count). The summed E-state index contributed by atoms with van der Waals surface area (Å²) in [4.78, 5) is 18.6. The third-order valence-electron chi connectivity index (χ3n) is 4.37. The molecule has 7 heteroatoms. The largest absolute Gasteiger partial charge is 0.492 e. The first-order valence-corrected chi connectivity index (χ1v) is 10.00. The van der Waals surface area contributed by atoms with Gasteiger partial charge in [-0.3, -0.25) is 9.79 Å². The molecular formula is C22H28N4O3. The maximum Gasteiger partial charge on any atom is 0.265 e. The Labute approximate surface area is 171 Å². The molecule has 7 nitrogen and oxygen atoms in total. The molecule has 0 fully saturated rings. The normalized spacial score (nSPS) is 13.5. The van der Waals surface area contributed by atoms with Gasteiger partial charge < -0.3 is 25.0 Å². The summed E-state index contributed by atoms with van der Waals surface area (Å²) >= 11 is 0. The van der Waals surface area contributed by atoms with Crippen LogP contribution in [-0.4, -0.2) is 51.3 Å². The number of nitrogens with one attached hydrogen (secondary N) is 2. The van der Waals surface area contributed by atoms with Gasteiger partial charge in [0.2, 0.25) is 0 Å². The minimum absolute atomic E-state index is 0.0178. The van der Waals surface area contributed by atoms with Crippen LogP contribution in [0.5, 0.6) is 11.5 Å². The number of amides is 1. The van der Waals surface area contributed by atoms with Crippen LogP contribution in [0.2, 0.25) is 0 Å². The second-order valence-corrected chi connectivity index (χ2v) is 6.50. The average Bonchev–Trinajstić information content (AvgIpc) is 2.76. The van der Waals surface area contributed by atoms with Gasteiger partial charge in [0.15, 0.2) is 12.6 Å². The van der Waals surface area contributed by atoms with Gasteiger partial charge >= 0.3 is 0 Å². The van der Waals surface area contributed by atoms with Gasteiger partial charge in [-0.05, 0) is 37.6 Å². The van der Waals surface area contributed by atoms with Crippen molar-refractivity contribution in [2.45, 2.75) is 13.3 Å². The Kier molecular flexibility index (Phi) is 7.74. The molecule has 2 N–H and O–H groups in total. The first-order valence-electron chi connectivity index (χ1n) is 10.00. The topological polar surface area (TPSA) is 75.2 Å². The van der Waals surface area contributed by atoms with E-state index in [1.807, 2.05) is 61.5 Å². The van der Waals surface area contributed by atoms with Crippen molar-refractivity contribution in [1.82, 2.24) is 10.6 Å². The van der Waals surface area contributed by atoms with Crippen molar-refractivity contribution in [3.05, 3.63) is 54.6 Å². The number of carbonyl (C=O) groups excluding carboxylic acids is 1. The quantitative estimate of drug-likeness (QED) is 0.387. The lowest BCUT2D eigenvalue weighted by Gasteiger charge is -2.29. The number of fused-ring (bicyclic) bond motifs is 1. The number of benzene rings is 2. The molecule has 29 heavy (non-hydrogen) atoms. The summed E-state index contributed by atoms with van der Waals surface area (Å²) in [5.41, 5.74) is 0.829. The van der Waals surface area contributed by atoms with Crippen LogP contribution < -0.4 is 25.0 Å². The van der Waals surface area contributed by atoms with Crippen LogP contribution in [0, 0.1) is 0 Å². The highest BCUT2D eigenvalue weighted by Gasteiger charge is 2.24. The lowest BCUT2D eigenvalue weighted by molar-refractivity contribution is -0.121. The van der Waals surface area contributed by atoms with E-state index in [1.165, 1.54) is 0 Å². The van der Waals surface area contributed by atoms with E-state index >= 15 is 0 Å². The maximum atomic E-state index is 12.2. The van der Waals surface area contributed by atoms with E-state index < -0.39 is 0 Å².